The molecule has 0 bridgehead atoms. The Morgan fingerprint density at radius 2 is 0.863 bits per heavy atom. The molecule has 0 atom stereocenters. The van der Waals surface area contributed by atoms with Gasteiger partial charge in [0.1, 0.15) is 0 Å². The SMILES string of the molecule is c1ccc(-c2ccccc2N(c2ccc3c(c2)-c2ccccc2C32c3ccccc3-c3ccccc32)c2ccc3sc4ccccc4c3c2)cc1. The van der Waals surface area contributed by atoms with Crippen molar-refractivity contribution in [1.82, 2.24) is 0 Å². The summed E-state index contributed by atoms with van der Waals surface area (Å²) in [5, 5.41) is 2.60. The second-order valence-corrected chi connectivity index (χ2v) is 14.7. The maximum absolute atomic E-state index is 2.47. The maximum Gasteiger partial charge on any atom is 0.0725 e. The third-order valence-electron chi connectivity index (χ3n) is 11.1. The number of anilines is 3. The molecule has 0 fully saturated rings. The fraction of sp³-hybridized carbons (Fsp3) is 0.0204. The highest BCUT2D eigenvalue weighted by Gasteiger charge is 2.51. The van der Waals surface area contributed by atoms with Crippen LogP contribution < -0.4 is 4.90 Å². The molecule has 238 valence electrons. The lowest BCUT2D eigenvalue weighted by atomic mass is 9.70. The Morgan fingerprint density at radius 3 is 1.59 bits per heavy atom. The maximum atomic E-state index is 2.47. The fourth-order valence-electron chi connectivity index (χ4n) is 9.04. The second-order valence-electron chi connectivity index (χ2n) is 13.6. The molecule has 1 spiro atoms. The van der Waals surface area contributed by atoms with E-state index in [-0.39, 0.29) is 5.41 Å². The van der Waals surface area contributed by atoms with Crippen molar-refractivity contribution in [2.75, 3.05) is 4.90 Å². The Labute approximate surface area is 301 Å². The van der Waals surface area contributed by atoms with Crippen molar-refractivity contribution in [3.05, 3.63) is 210 Å². The number of rotatable bonds is 4. The van der Waals surface area contributed by atoms with E-state index in [9.17, 15) is 0 Å². The number of hydrogen-bond donors (Lipinski definition) is 0. The van der Waals surface area contributed by atoms with E-state index >= 15 is 0 Å². The highest BCUT2D eigenvalue weighted by Crippen LogP contribution is 2.63. The van der Waals surface area contributed by atoms with E-state index in [0.717, 1.165) is 17.1 Å². The van der Waals surface area contributed by atoms with Crippen molar-refractivity contribution in [2.45, 2.75) is 5.41 Å². The van der Waals surface area contributed by atoms with Gasteiger partial charge in [0.05, 0.1) is 11.1 Å². The Bertz CT molecular complexity index is 2780. The van der Waals surface area contributed by atoms with Crippen LogP contribution in [-0.4, -0.2) is 0 Å². The molecule has 1 heterocycles. The van der Waals surface area contributed by atoms with Crippen LogP contribution in [0.5, 0.6) is 0 Å². The highest BCUT2D eigenvalue weighted by atomic mass is 32.1. The molecule has 2 aliphatic carbocycles. The third-order valence-corrected chi connectivity index (χ3v) is 12.2. The van der Waals surface area contributed by atoms with E-state index in [1.807, 2.05) is 11.3 Å². The van der Waals surface area contributed by atoms with Gasteiger partial charge < -0.3 is 4.90 Å². The zero-order valence-corrected chi connectivity index (χ0v) is 28.6. The first kappa shape index (κ1) is 28.6. The monoisotopic (exact) mass is 665 g/mol. The molecule has 9 aromatic rings. The van der Waals surface area contributed by atoms with Gasteiger partial charge in [-0.2, -0.15) is 0 Å². The summed E-state index contributed by atoms with van der Waals surface area (Å²) >= 11 is 1.86. The minimum Gasteiger partial charge on any atom is -0.310 e. The summed E-state index contributed by atoms with van der Waals surface area (Å²) in [7, 11) is 0. The number of nitrogens with zero attached hydrogens (tertiary/aromatic N) is 1. The van der Waals surface area contributed by atoms with Crippen LogP contribution in [0.15, 0.2) is 188 Å². The molecule has 2 heteroatoms. The van der Waals surface area contributed by atoms with Gasteiger partial charge in [0.15, 0.2) is 0 Å². The highest BCUT2D eigenvalue weighted by molar-refractivity contribution is 7.25. The van der Waals surface area contributed by atoms with Gasteiger partial charge in [-0.15, -0.1) is 11.3 Å². The Morgan fingerprint density at radius 1 is 0.353 bits per heavy atom. The summed E-state index contributed by atoms with van der Waals surface area (Å²) in [6, 6.07) is 69.7. The summed E-state index contributed by atoms with van der Waals surface area (Å²) in [6.45, 7) is 0. The lowest BCUT2D eigenvalue weighted by Crippen LogP contribution is -2.25. The number of hydrogen-bond acceptors (Lipinski definition) is 2. The summed E-state index contributed by atoms with van der Waals surface area (Å²) in [4.78, 5) is 2.47. The summed E-state index contributed by atoms with van der Waals surface area (Å²) in [5.41, 5.74) is 16.2. The molecule has 0 amide bonds. The number of thiophene rings is 1. The van der Waals surface area contributed by atoms with Crippen LogP contribution in [0.25, 0.3) is 53.6 Å². The van der Waals surface area contributed by atoms with Crippen LogP contribution in [0.3, 0.4) is 0 Å². The molecular formula is C49H31NS. The first-order valence-electron chi connectivity index (χ1n) is 17.6. The molecule has 51 heavy (non-hydrogen) atoms. The predicted octanol–water partition coefficient (Wildman–Crippen LogP) is 13.5. The molecule has 0 saturated heterocycles. The van der Waals surface area contributed by atoms with E-state index in [4.69, 9.17) is 0 Å². The molecule has 1 nitrogen and oxygen atoms in total. The van der Waals surface area contributed by atoms with Crippen molar-refractivity contribution in [1.29, 1.82) is 0 Å². The average molecular weight is 666 g/mol. The quantitative estimate of drug-likeness (QED) is 0.181. The van der Waals surface area contributed by atoms with Gasteiger partial charge in [0.2, 0.25) is 0 Å². The first-order chi connectivity index (χ1) is 25.3. The Balaban J connectivity index is 1.19. The van der Waals surface area contributed by atoms with Gasteiger partial charge in [-0.3, -0.25) is 0 Å². The van der Waals surface area contributed by atoms with Crippen LogP contribution in [0.4, 0.5) is 17.1 Å². The molecule has 0 unspecified atom stereocenters. The number of fused-ring (bicyclic) bond motifs is 13. The summed E-state index contributed by atoms with van der Waals surface area (Å²) in [6.07, 6.45) is 0. The molecule has 0 saturated carbocycles. The van der Waals surface area contributed by atoms with Gasteiger partial charge in [0, 0.05) is 37.1 Å². The van der Waals surface area contributed by atoms with Crippen molar-refractivity contribution in [3.63, 3.8) is 0 Å². The van der Waals surface area contributed by atoms with Crippen molar-refractivity contribution in [2.24, 2.45) is 0 Å². The lowest BCUT2D eigenvalue weighted by Gasteiger charge is -2.31. The Hall–Kier alpha value is -6.22. The molecule has 1 aromatic heterocycles. The lowest BCUT2D eigenvalue weighted by molar-refractivity contribution is 0.794. The van der Waals surface area contributed by atoms with Gasteiger partial charge in [0.25, 0.3) is 0 Å². The van der Waals surface area contributed by atoms with Gasteiger partial charge >= 0.3 is 0 Å². The zero-order valence-electron chi connectivity index (χ0n) is 27.8. The standard InChI is InChI=1S/C49H31NS/c1-2-14-32(15-3-1)35-16-7-12-24-46(35)50(34-27-29-48-41(31-34)39-20-8-13-25-47(39)51-48)33-26-28-45-40(30-33)38-19-6-11-23-44(38)49(45)42-21-9-4-17-36(42)37-18-5-10-22-43(37)49/h1-31H. The van der Waals surface area contributed by atoms with E-state index in [1.165, 1.54) is 75.8 Å². The molecule has 0 radical (unpaired) electrons. The normalized spacial score (nSPS) is 13.3. The fourth-order valence-corrected chi connectivity index (χ4v) is 10.1. The number of benzene rings is 8. The molecule has 0 N–H and O–H groups in total. The number of para-hydroxylation sites is 1. The van der Waals surface area contributed by atoms with Crippen molar-refractivity contribution >= 4 is 48.6 Å². The van der Waals surface area contributed by atoms with Gasteiger partial charge in [-0.25, -0.2) is 0 Å². The topological polar surface area (TPSA) is 3.24 Å². The van der Waals surface area contributed by atoms with Crippen molar-refractivity contribution < 1.29 is 0 Å². The van der Waals surface area contributed by atoms with Crippen LogP contribution in [0, 0.1) is 0 Å². The molecule has 8 aromatic carbocycles. The van der Waals surface area contributed by atoms with Crippen LogP contribution in [0.2, 0.25) is 0 Å². The molecule has 11 rings (SSSR count). The summed E-state index contributed by atoms with van der Waals surface area (Å²) < 4.78 is 2.62. The van der Waals surface area contributed by atoms with Gasteiger partial charge in [-0.1, -0.05) is 146 Å². The Kier molecular flexibility index (Phi) is 6.11. The van der Waals surface area contributed by atoms with E-state index < -0.39 is 0 Å². The third kappa shape index (κ3) is 3.97. The molecule has 0 aliphatic heterocycles. The second kappa shape index (κ2) is 10.9. The minimum atomic E-state index is -0.362. The van der Waals surface area contributed by atoms with Crippen LogP contribution >= 0.6 is 11.3 Å². The van der Waals surface area contributed by atoms with Crippen molar-refractivity contribution in [3.8, 4) is 33.4 Å². The van der Waals surface area contributed by atoms with Crippen LogP contribution in [-0.2, 0) is 5.41 Å². The largest absolute Gasteiger partial charge is 0.310 e. The average Bonchev–Trinajstić information content (AvgIpc) is 3.82. The molecular weight excluding hydrogens is 635 g/mol. The van der Waals surface area contributed by atoms with E-state index in [0.29, 0.717) is 0 Å². The summed E-state index contributed by atoms with van der Waals surface area (Å²) in [5.74, 6) is 0. The van der Waals surface area contributed by atoms with Gasteiger partial charge in [-0.05, 0) is 92.5 Å². The smallest absolute Gasteiger partial charge is 0.0725 e. The van der Waals surface area contributed by atoms with E-state index in [1.54, 1.807) is 0 Å². The zero-order chi connectivity index (χ0) is 33.5. The van der Waals surface area contributed by atoms with Crippen LogP contribution in [0.1, 0.15) is 22.3 Å². The predicted molar refractivity (Wildman–Crippen MR) is 216 cm³/mol. The minimum absolute atomic E-state index is 0.362. The molecule has 2 aliphatic rings. The first-order valence-corrected chi connectivity index (χ1v) is 18.4. The van der Waals surface area contributed by atoms with E-state index in [2.05, 4.69) is 193 Å².